The molecule has 0 fully saturated rings. The minimum absolute atomic E-state index is 0.505. The molecule has 2 rings (SSSR count). The van der Waals surface area contributed by atoms with E-state index in [-0.39, 0.29) is 0 Å². The number of imidazole rings is 1. The minimum Gasteiger partial charge on any atom is -0.425 e. The third-order valence-corrected chi connectivity index (χ3v) is 2.89. The molecule has 0 N–H and O–H groups in total. The zero-order valence-corrected chi connectivity index (χ0v) is 11.0. The molecule has 5 heteroatoms. The summed E-state index contributed by atoms with van der Waals surface area (Å²) in [5.41, 5.74) is 0. The monoisotopic (exact) mass is 300 g/mol. The standard InChI is InChI=1S/C11H10BrClN2O/c1-2-15-10(13)7-14-11(15)16-9-5-3-4-8(12)6-9/h3-7H,2H2,1H3. The van der Waals surface area contributed by atoms with Gasteiger partial charge < -0.3 is 4.74 Å². The lowest BCUT2D eigenvalue weighted by Crippen LogP contribution is -1.98. The molecule has 0 saturated carbocycles. The Kier molecular flexibility index (Phi) is 3.51. The number of rotatable bonds is 3. The zero-order chi connectivity index (χ0) is 11.5. The summed E-state index contributed by atoms with van der Waals surface area (Å²) in [4.78, 5) is 4.11. The molecule has 84 valence electrons. The normalized spacial score (nSPS) is 10.4. The Morgan fingerprint density at radius 2 is 2.31 bits per heavy atom. The Labute approximate surface area is 107 Å². The quantitative estimate of drug-likeness (QED) is 0.853. The van der Waals surface area contributed by atoms with E-state index in [2.05, 4.69) is 20.9 Å². The van der Waals surface area contributed by atoms with Gasteiger partial charge in [-0.15, -0.1) is 0 Å². The van der Waals surface area contributed by atoms with Crippen molar-refractivity contribution in [2.45, 2.75) is 13.5 Å². The summed E-state index contributed by atoms with van der Waals surface area (Å²) in [5, 5.41) is 0.576. The number of benzene rings is 1. The fourth-order valence-corrected chi connectivity index (χ4v) is 1.96. The van der Waals surface area contributed by atoms with Crippen LogP contribution in [-0.4, -0.2) is 9.55 Å². The van der Waals surface area contributed by atoms with Crippen LogP contribution in [0.1, 0.15) is 6.92 Å². The van der Waals surface area contributed by atoms with Gasteiger partial charge in [0, 0.05) is 11.0 Å². The van der Waals surface area contributed by atoms with Gasteiger partial charge in [-0.1, -0.05) is 33.6 Å². The fraction of sp³-hybridized carbons (Fsp3) is 0.182. The van der Waals surface area contributed by atoms with Crippen molar-refractivity contribution in [3.05, 3.63) is 40.1 Å². The van der Waals surface area contributed by atoms with Gasteiger partial charge in [0.15, 0.2) is 0 Å². The lowest BCUT2D eigenvalue weighted by molar-refractivity contribution is 0.415. The number of aromatic nitrogens is 2. The molecule has 0 spiro atoms. The van der Waals surface area contributed by atoms with E-state index in [1.54, 1.807) is 10.8 Å². The maximum Gasteiger partial charge on any atom is 0.303 e. The summed E-state index contributed by atoms with van der Waals surface area (Å²) >= 11 is 9.34. The molecule has 0 aliphatic rings. The highest BCUT2D eigenvalue weighted by Crippen LogP contribution is 2.25. The maximum absolute atomic E-state index is 5.95. The average Bonchev–Trinajstić information content (AvgIpc) is 2.59. The van der Waals surface area contributed by atoms with Crippen LogP contribution in [0, 0.1) is 0 Å². The van der Waals surface area contributed by atoms with Crippen molar-refractivity contribution in [1.82, 2.24) is 9.55 Å². The topological polar surface area (TPSA) is 27.1 Å². The second kappa shape index (κ2) is 4.89. The molecule has 1 heterocycles. The van der Waals surface area contributed by atoms with Crippen LogP contribution in [0.5, 0.6) is 11.8 Å². The second-order valence-electron chi connectivity index (χ2n) is 3.17. The summed E-state index contributed by atoms with van der Waals surface area (Å²) in [6.45, 7) is 2.71. The smallest absolute Gasteiger partial charge is 0.303 e. The number of halogens is 2. The highest BCUT2D eigenvalue weighted by molar-refractivity contribution is 9.10. The van der Waals surface area contributed by atoms with Crippen molar-refractivity contribution >= 4 is 27.5 Å². The van der Waals surface area contributed by atoms with E-state index in [0.29, 0.717) is 11.2 Å². The molecule has 0 saturated heterocycles. The molecule has 0 bridgehead atoms. The Balaban J connectivity index is 2.27. The predicted octanol–water partition coefficient (Wildman–Crippen LogP) is 4.11. The van der Waals surface area contributed by atoms with Gasteiger partial charge in [-0.25, -0.2) is 4.98 Å². The number of hydrogen-bond acceptors (Lipinski definition) is 2. The zero-order valence-electron chi connectivity index (χ0n) is 8.65. The van der Waals surface area contributed by atoms with Crippen molar-refractivity contribution in [3.63, 3.8) is 0 Å². The van der Waals surface area contributed by atoms with E-state index < -0.39 is 0 Å². The molecule has 16 heavy (non-hydrogen) atoms. The highest BCUT2D eigenvalue weighted by atomic mass is 79.9. The first kappa shape index (κ1) is 11.5. The Morgan fingerprint density at radius 1 is 1.50 bits per heavy atom. The van der Waals surface area contributed by atoms with E-state index in [4.69, 9.17) is 16.3 Å². The lowest BCUT2D eigenvalue weighted by atomic mass is 10.3. The maximum atomic E-state index is 5.95. The molecule has 3 nitrogen and oxygen atoms in total. The van der Waals surface area contributed by atoms with Gasteiger partial charge >= 0.3 is 6.01 Å². The lowest BCUT2D eigenvalue weighted by Gasteiger charge is -2.07. The SMILES string of the molecule is CCn1c(Cl)cnc1Oc1cccc(Br)c1. The second-order valence-corrected chi connectivity index (χ2v) is 4.47. The minimum atomic E-state index is 0.505. The largest absolute Gasteiger partial charge is 0.425 e. The van der Waals surface area contributed by atoms with Crippen LogP contribution >= 0.6 is 27.5 Å². The Hall–Kier alpha value is -1.000. The first-order valence-corrected chi connectivity index (χ1v) is 6.02. The molecule has 1 aromatic carbocycles. The molecule has 0 amide bonds. The summed E-state index contributed by atoms with van der Waals surface area (Å²) in [6.07, 6.45) is 1.58. The molecule has 1 aromatic heterocycles. The number of ether oxygens (including phenoxy) is 1. The molecule has 0 radical (unpaired) electrons. The molecular weight excluding hydrogens is 291 g/mol. The van der Waals surface area contributed by atoms with Crippen LogP contribution in [0.4, 0.5) is 0 Å². The van der Waals surface area contributed by atoms with Crippen LogP contribution in [0.25, 0.3) is 0 Å². The van der Waals surface area contributed by atoms with Crippen molar-refractivity contribution in [3.8, 4) is 11.8 Å². The molecule has 2 aromatic rings. The Bertz CT molecular complexity index is 498. The van der Waals surface area contributed by atoms with E-state index in [1.165, 1.54) is 0 Å². The third-order valence-electron chi connectivity index (χ3n) is 2.09. The molecule has 0 aliphatic carbocycles. The van der Waals surface area contributed by atoms with Crippen LogP contribution in [-0.2, 0) is 6.54 Å². The van der Waals surface area contributed by atoms with Gasteiger partial charge in [0.25, 0.3) is 0 Å². The number of hydrogen-bond donors (Lipinski definition) is 0. The van der Waals surface area contributed by atoms with Crippen molar-refractivity contribution in [1.29, 1.82) is 0 Å². The van der Waals surface area contributed by atoms with Crippen LogP contribution < -0.4 is 4.74 Å². The van der Waals surface area contributed by atoms with Gasteiger partial charge in [-0.3, -0.25) is 4.57 Å². The van der Waals surface area contributed by atoms with Crippen LogP contribution in [0.3, 0.4) is 0 Å². The van der Waals surface area contributed by atoms with Crippen molar-refractivity contribution in [2.24, 2.45) is 0 Å². The third kappa shape index (κ3) is 2.39. The van der Waals surface area contributed by atoms with Gasteiger partial charge in [-0.05, 0) is 25.1 Å². The summed E-state index contributed by atoms with van der Waals surface area (Å²) in [6, 6.07) is 8.09. The first-order chi connectivity index (χ1) is 7.70. The summed E-state index contributed by atoms with van der Waals surface area (Å²) in [5.74, 6) is 0.728. The molecular formula is C11H10BrClN2O. The van der Waals surface area contributed by atoms with Crippen LogP contribution in [0.2, 0.25) is 5.15 Å². The first-order valence-electron chi connectivity index (χ1n) is 4.85. The van der Waals surface area contributed by atoms with Crippen LogP contribution in [0.15, 0.2) is 34.9 Å². The Morgan fingerprint density at radius 3 is 3.00 bits per heavy atom. The molecule has 0 aliphatic heterocycles. The van der Waals surface area contributed by atoms with Gasteiger partial charge in [0.2, 0.25) is 0 Å². The van der Waals surface area contributed by atoms with E-state index in [1.807, 2.05) is 31.2 Å². The highest BCUT2D eigenvalue weighted by Gasteiger charge is 2.08. The molecule has 0 unspecified atom stereocenters. The molecule has 0 atom stereocenters. The van der Waals surface area contributed by atoms with Crippen molar-refractivity contribution in [2.75, 3.05) is 0 Å². The van der Waals surface area contributed by atoms with Crippen molar-refractivity contribution < 1.29 is 4.74 Å². The van der Waals surface area contributed by atoms with Gasteiger partial charge in [0.05, 0.1) is 6.20 Å². The van der Waals surface area contributed by atoms with Gasteiger partial charge in [-0.2, -0.15) is 0 Å². The summed E-state index contributed by atoms with van der Waals surface area (Å²) in [7, 11) is 0. The van der Waals surface area contributed by atoms with Gasteiger partial charge in [0.1, 0.15) is 10.9 Å². The fourth-order valence-electron chi connectivity index (χ4n) is 1.34. The summed E-state index contributed by atoms with van der Waals surface area (Å²) < 4.78 is 8.40. The number of nitrogens with zero attached hydrogens (tertiary/aromatic N) is 2. The predicted molar refractivity (Wildman–Crippen MR) is 67.1 cm³/mol. The average molecular weight is 302 g/mol. The van der Waals surface area contributed by atoms with E-state index in [9.17, 15) is 0 Å². The van der Waals surface area contributed by atoms with E-state index in [0.717, 1.165) is 16.8 Å². The van der Waals surface area contributed by atoms with E-state index >= 15 is 0 Å².